The third kappa shape index (κ3) is 4.60. The normalized spacial score (nSPS) is 14.1. The Kier molecular flexibility index (Phi) is 5.12. The summed E-state index contributed by atoms with van der Waals surface area (Å²) < 4.78 is 27.7. The van der Waals surface area contributed by atoms with Gasteiger partial charge in [-0.3, -0.25) is 4.79 Å². The molecule has 0 aliphatic heterocycles. The molecular weight excluding hydrogens is 204 g/mol. The molecule has 1 atom stereocenters. The monoisotopic (exact) mass is 222 g/mol. The molecule has 0 heterocycles. The molecule has 0 saturated carbocycles. The summed E-state index contributed by atoms with van der Waals surface area (Å²) in [5.41, 5.74) is 0. The average molecular weight is 222 g/mol. The number of hydrogen-bond donors (Lipinski definition) is 0. The van der Waals surface area contributed by atoms with Gasteiger partial charge in [-0.1, -0.05) is 6.92 Å². The molecule has 0 aliphatic carbocycles. The van der Waals surface area contributed by atoms with Gasteiger partial charge in [-0.25, -0.2) is 8.42 Å². The zero-order valence-corrected chi connectivity index (χ0v) is 9.93. The van der Waals surface area contributed by atoms with Crippen LogP contribution in [0.15, 0.2) is 0 Å². The van der Waals surface area contributed by atoms with Crippen LogP contribution in [0.4, 0.5) is 0 Å². The van der Waals surface area contributed by atoms with E-state index in [1.807, 2.05) is 0 Å². The molecule has 1 unspecified atom stereocenters. The van der Waals surface area contributed by atoms with E-state index in [0.29, 0.717) is 6.42 Å². The summed E-state index contributed by atoms with van der Waals surface area (Å²) >= 11 is 0. The fourth-order valence-electron chi connectivity index (χ4n) is 0.857. The molecule has 0 spiro atoms. The van der Waals surface area contributed by atoms with Crippen molar-refractivity contribution in [2.45, 2.75) is 45.5 Å². The molecule has 0 fully saturated rings. The van der Waals surface area contributed by atoms with Gasteiger partial charge < -0.3 is 4.74 Å². The molecule has 0 aromatic carbocycles. The molecule has 14 heavy (non-hydrogen) atoms. The van der Waals surface area contributed by atoms with E-state index < -0.39 is 26.8 Å². The van der Waals surface area contributed by atoms with Crippen molar-refractivity contribution < 1.29 is 17.9 Å². The molecule has 0 aliphatic rings. The van der Waals surface area contributed by atoms with Crippen LogP contribution in [0.2, 0.25) is 0 Å². The largest absolute Gasteiger partial charge is 0.462 e. The fourth-order valence-corrected chi connectivity index (χ4v) is 2.05. The maximum atomic E-state index is 11.5. The lowest BCUT2D eigenvalue weighted by molar-refractivity contribution is -0.144. The van der Waals surface area contributed by atoms with Gasteiger partial charge >= 0.3 is 5.97 Å². The highest BCUT2D eigenvalue weighted by molar-refractivity contribution is 7.92. The number of carbonyl (C=O) groups is 1. The third-order valence-corrected chi connectivity index (χ3v) is 4.07. The molecule has 0 aromatic heterocycles. The van der Waals surface area contributed by atoms with Crippen LogP contribution in [-0.2, 0) is 19.4 Å². The SMILES string of the molecule is CCC(C)S(=O)(=O)CC(=O)OC(C)C. The van der Waals surface area contributed by atoms with Crippen LogP contribution in [0.25, 0.3) is 0 Å². The summed E-state index contributed by atoms with van der Waals surface area (Å²) in [4.78, 5) is 11.1. The second-order valence-corrected chi connectivity index (χ2v) is 5.98. The van der Waals surface area contributed by atoms with Crippen LogP contribution in [0.3, 0.4) is 0 Å². The van der Waals surface area contributed by atoms with E-state index in [1.54, 1.807) is 27.7 Å². The number of carbonyl (C=O) groups excluding carboxylic acids is 1. The van der Waals surface area contributed by atoms with Gasteiger partial charge in [0.1, 0.15) is 5.75 Å². The highest BCUT2D eigenvalue weighted by Gasteiger charge is 2.23. The number of esters is 1. The molecule has 4 nitrogen and oxygen atoms in total. The van der Waals surface area contributed by atoms with Gasteiger partial charge in [0.2, 0.25) is 0 Å². The number of sulfone groups is 1. The van der Waals surface area contributed by atoms with Crippen LogP contribution in [0.1, 0.15) is 34.1 Å². The standard InChI is InChI=1S/C9H18O4S/c1-5-8(4)14(11,12)6-9(10)13-7(2)3/h7-8H,5-6H2,1-4H3. The van der Waals surface area contributed by atoms with Crippen molar-refractivity contribution in [1.82, 2.24) is 0 Å². The number of hydrogen-bond acceptors (Lipinski definition) is 4. The molecule has 0 aromatic rings. The minimum atomic E-state index is -3.33. The Morgan fingerprint density at radius 2 is 1.79 bits per heavy atom. The maximum absolute atomic E-state index is 11.5. The summed E-state index contributed by atoms with van der Waals surface area (Å²) in [7, 11) is -3.33. The van der Waals surface area contributed by atoms with E-state index >= 15 is 0 Å². The van der Waals surface area contributed by atoms with E-state index in [2.05, 4.69) is 0 Å². The average Bonchev–Trinajstić information content (AvgIpc) is 1.99. The van der Waals surface area contributed by atoms with E-state index in [0.717, 1.165) is 0 Å². The molecule has 84 valence electrons. The summed E-state index contributed by atoms with van der Waals surface area (Å²) in [5, 5.41) is -0.484. The van der Waals surface area contributed by atoms with Crippen molar-refractivity contribution in [3.8, 4) is 0 Å². The predicted octanol–water partition coefficient (Wildman–Crippen LogP) is 1.15. The number of rotatable bonds is 5. The first kappa shape index (κ1) is 13.4. The van der Waals surface area contributed by atoms with E-state index in [-0.39, 0.29) is 6.10 Å². The Morgan fingerprint density at radius 1 is 1.29 bits per heavy atom. The van der Waals surface area contributed by atoms with Crippen molar-refractivity contribution in [2.75, 3.05) is 5.75 Å². The van der Waals surface area contributed by atoms with Crippen LogP contribution in [-0.4, -0.2) is 31.5 Å². The lowest BCUT2D eigenvalue weighted by Gasteiger charge is -2.11. The molecule has 0 saturated heterocycles. The highest BCUT2D eigenvalue weighted by atomic mass is 32.2. The molecule has 0 bridgehead atoms. The Labute approximate surface area is 85.6 Å². The van der Waals surface area contributed by atoms with Gasteiger partial charge in [-0.05, 0) is 27.2 Å². The Hall–Kier alpha value is -0.580. The summed E-state index contributed by atoms with van der Waals surface area (Å²) in [6, 6.07) is 0. The Balaban J connectivity index is 4.31. The van der Waals surface area contributed by atoms with E-state index in [9.17, 15) is 13.2 Å². The Bertz CT molecular complexity index is 279. The first-order valence-electron chi connectivity index (χ1n) is 4.70. The minimum absolute atomic E-state index is 0.269. The first-order valence-corrected chi connectivity index (χ1v) is 6.42. The Morgan fingerprint density at radius 3 is 2.14 bits per heavy atom. The molecule has 0 N–H and O–H groups in total. The lowest BCUT2D eigenvalue weighted by Crippen LogP contribution is -2.27. The van der Waals surface area contributed by atoms with Crippen molar-refractivity contribution >= 4 is 15.8 Å². The predicted molar refractivity (Wildman–Crippen MR) is 54.8 cm³/mol. The van der Waals surface area contributed by atoms with Gasteiger partial charge in [0.25, 0.3) is 0 Å². The zero-order chi connectivity index (χ0) is 11.4. The van der Waals surface area contributed by atoms with Crippen molar-refractivity contribution in [3.05, 3.63) is 0 Å². The van der Waals surface area contributed by atoms with Gasteiger partial charge in [0.05, 0.1) is 11.4 Å². The first-order chi connectivity index (χ1) is 6.29. The van der Waals surface area contributed by atoms with E-state index in [1.165, 1.54) is 0 Å². The highest BCUT2D eigenvalue weighted by Crippen LogP contribution is 2.06. The van der Waals surface area contributed by atoms with Gasteiger partial charge in [0, 0.05) is 0 Å². The van der Waals surface area contributed by atoms with Crippen molar-refractivity contribution in [1.29, 1.82) is 0 Å². The summed E-state index contributed by atoms with van der Waals surface area (Å²) in [5.74, 6) is -1.18. The number of ether oxygens (including phenoxy) is 1. The van der Waals surface area contributed by atoms with E-state index in [4.69, 9.17) is 4.74 Å². The molecule has 0 amide bonds. The third-order valence-electron chi connectivity index (χ3n) is 1.87. The fraction of sp³-hybridized carbons (Fsp3) is 0.889. The smallest absolute Gasteiger partial charge is 0.321 e. The van der Waals surface area contributed by atoms with Crippen LogP contribution in [0, 0.1) is 0 Å². The molecule has 0 radical (unpaired) electrons. The zero-order valence-electron chi connectivity index (χ0n) is 9.11. The van der Waals surface area contributed by atoms with Crippen LogP contribution in [0.5, 0.6) is 0 Å². The molecular formula is C9H18O4S. The van der Waals surface area contributed by atoms with Gasteiger partial charge in [-0.2, -0.15) is 0 Å². The van der Waals surface area contributed by atoms with Crippen LogP contribution < -0.4 is 0 Å². The quantitative estimate of drug-likeness (QED) is 0.655. The minimum Gasteiger partial charge on any atom is -0.462 e. The van der Waals surface area contributed by atoms with Crippen molar-refractivity contribution in [3.63, 3.8) is 0 Å². The van der Waals surface area contributed by atoms with Gasteiger partial charge in [-0.15, -0.1) is 0 Å². The second-order valence-electron chi connectivity index (χ2n) is 3.56. The summed E-state index contributed by atoms with van der Waals surface area (Å²) in [6.45, 7) is 6.75. The lowest BCUT2D eigenvalue weighted by atomic mass is 10.4. The summed E-state index contributed by atoms with van der Waals surface area (Å²) in [6.07, 6.45) is 0.242. The molecule has 5 heteroatoms. The van der Waals surface area contributed by atoms with Crippen molar-refractivity contribution in [2.24, 2.45) is 0 Å². The topological polar surface area (TPSA) is 60.4 Å². The van der Waals surface area contributed by atoms with Crippen LogP contribution >= 0.6 is 0 Å². The van der Waals surface area contributed by atoms with Gasteiger partial charge in [0.15, 0.2) is 9.84 Å². The molecule has 0 rings (SSSR count). The maximum Gasteiger partial charge on any atom is 0.321 e. The second kappa shape index (κ2) is 5.34.